The molecule has 0 spiro atoms. The summed E-state index contributed by atoms with van der Waals surface area (Å²) in [5.41, 5.74) is 2.93. The predicted octanol–water partition coefficient (Wildman–Crippen LogP) is 3.79. The number of piperidine rings is 1. The van der Waals surface area contributed by atoms with Gasteiger partial charge < -0.3 is 10.2 Å². The van der Waals surface area contributed by atoms with Crippen LogP contribution < -0.4 is 5.32 Å². The van der Waals surface area contributed by atoms with E-state index in [1.165, 1.54) is 0 Å². The van der Waals surface area contributed by atoms with Gasteiger partial charge in [-0.3, -0.25) is 9.48 Å². The Bertz CT molecular complexity index is 1100. The molecule has 1 saturated heterocycles. The predicted molar refractivity (Wildman–Crippen MR) is 113 cm³/mol. The molecule has 8 nitrogen and oxygen atoms in total. The van der Waals surface area contributed by atoms with Crippen molar-refractivity contribution in [2.24, 2.45) is 0 Å². The van der Waals surface area contributed by atoms with Crippen molar-refractivity contribution in [3.63, 3.8) is 0 Å². The average Bonchev–Trinajstić information content (AvgIpc) is 3.25. The minimum absolute atomic E-state index is 0.128. The Morgan fingerprint density at radius 1 is 1.20 bits per heavy atom. The molecule has 3 aromatic rings. The smallest absolute Gasteiger partial charge is 0.227 e. The second kappa shape index (κ2) is 8.51. The molecule has 0 atom stereocenters. The Morgan fingerprint density at radius 2 is 1.93 bits per heavy atom. The van der Waals surface area contributed by atoms with Crippen molar-refractivity contribution < 1.29 is 4.79 Å². The van der Waals surface area contributed by atoms with Crippen molar-refractivity contribution in [3.8, 4) is 17.2 Å². The molecule has 3 heterocycles. The monoisotopic (exact) mass is 421 g/mol. The Balaban J connectivity index is 1.42. The number of carbonyl (C=O) groups excluding carboxylic acids is 1. The quantitative estimate of drug-likeness (QED) is 0.687. The summed E-state index contributed by atoms with van der Waals surface area (Å²) in [5.74, 6) is 0.562. The normalized spacial score (nSPS) is 14.4. The van der Waals surface area contributed by atoms with Gasteiger partial charge in [0.05, 0.1) is 22.8 Å². The van der Waals surface area contributed by atoms with Crippen LogP contribution in [0.2, 0.25) is 5.02 Å². The van der Waals surface area contributed by atoms with Crippen molar-refractivity contribution in [2.45, 2.75) is 25.8 Å². The van der Waals surface area contributed by atoms with Crippen molar-refractivity contribution >= 4 is 29.1 Å². The standard InChI is InChI=1S/C21H20ClN7O/c1-14(30)28-6-4-19(5-7-28)29-13-17(12-26-29)16-10-24-21(25-11-16)27-18-3-2-15(9-23)20(22)8-18/h2-3,8,10-13,19H,4-7H2,1H3,(H,24,25,27). The van der Waals surface area contributed by atoms with Gasteiger partial charge in [-0.2, -0.15) is 10.4 Å². The maximum atomic E-state index is 11.5. The maximum absolute atomic E-state index is 11.5. The van der Waals surface area contributed by atoms with E-state index in [0.29, 0.717) is 22.2 Å². The molecule has 0 saturated carbocycles. The van der Waals surface area contributed by atoms with E-state index in [1.807, 2.05) is 28.0 Å². The number of aromatic nitrogens is 4. The Kier molecular flexibility index (Phi) is 5.63. The van der Waals surface area contributed by atoms with Crippen LogP contribution in [0, 0.1) is 11.3 Å². The van der Waals surface area contributed by atoms with Gasteiger partial charge in [-0.05, 0) is 31.0 Å². The highest BCUT2D eigenvalue weighted by Crippen LogP contribution is 2.26. The van der Waals surface area contributed by atoms with Gasteiger partial charge >= 0.3 is 0 Å². The summed E-state index contributed by atoms with van der Waals surface area (Å²) in [6.45, 7) is 3.14. The molecule has 30 heavy (non-hydrogen) atoms. The molecule has 1 fully saturated rings. The fraction of sp³-hybridized carbons (Fsp3) is 0.286. The molecule has 0 radical (unpaired) electrons. The number of hydrogen-bond donors (Lipinski definition) is 1. The summed E-state index contributed by atoms with van der Waals surface area (Å²) in [5, 5.41) is 16.9. The van der Waals surface area contributed by atoms with Crippen molar-refractivity contribution in [3.05, 3.63) is 53.6 Å². The molecule has 1 aromatic carbocycles. The zero-order chi connectivity index (χ0) is 21.1. The number of carbonyl (C=O) groups is 1. The van der Waals surface area contributed by atoms with Crippen LogP contribution in [0.1, 0.15) is 31.4 Å². The topological polar surface area (TPSA) is 99.7 Å². The van der Waals surface area contributed by atoms with E-state index < -0.39 is 0 Å². The second-order valence-corrected chi connectivity index (χ2v) is 7.58. The van der Waals surface area contributed by atoms with Crippen LogP contribution in [-0.2, 0) is 4.79 Å². The van der Waals surface area contributed by atoms with Crippen LogP contribution in [0.15, 0.2) is 43.0 Å². The fourth-order valence-corrected chi connectivity index (χ4v) is 3.71. The maximum Gasteiger partial charge on any atom is 0.227 e. The third-order valence-corrected chi connectivity index (χ3v) is 5.53. The molecular formula is C21H20ClN7O. The number of benzene rings is 1. The van der Waals surface area contributed by atoms with Gasteiger partial charge in [-0.1, -0.05) is 11.6 Å². The molecule has 152 valence electrons. The molecule has 0 unspecified atom stereocenters. The first-order valence-corrected chi connectivity index (χ1v) is 10.00. The largest absolute Gasteiger partial charge is 0.343 e. The van der Waals surface area contributed by atoms with Gasteiger partial charge in [0.2, 0.25) is 11.9 Å². The molecular weight excluding hydrogens is 402 g/mol. The number of nitrogens with one attached hydrogen (secondary N) is 1. The van der Waals surface area contributed by atoms with Gasteiger partial charge in [0, 0.05) is 55.4 Å². The number of rotatable bonds is 4. The first kappa shape index (κ1) is 19.9. The molecule has 0 bridgehead atoms. The number of hydrogen-bond acceptors (Lipinski definition) is 6. The summed E-state index contributed by atoms with van der Waals surface area (Å²) in [4.78, 5) is 22.1. The minimum atomic E-state index is 0.128. The number of anilines is 2. The van der Waals surface area contributed by atoms with Crippen molar-refractivity contribution in [1.29, 1.82) is 5.26 Å². The molecule has 9 heteroatoms. The van der Waals surface area contributed by atoms with Gasteiger partial charge in [-0.25, -0.2) is 9.97 Å². The van der Waals surface area contributed by atoms with E-state index >= 15 is 0 Å². The number of nitriles is 1. The van der Waals surface area contributed by atoms with E-state index in [1.54, 1.807) is 37.5 Å². The van der Waals surface area contributed by atoms with E-state index in [0.717, 1.165) is 37.1 Å². The van der Waals surface area contributed by atoms with Crippen molar-refractivity contribution in [1.82, 2.24) is 24.6 Å². The lowest BCUT2D eigenvalue weighted by Crippen LogP contribution is -2.37. The minimum Gasteiger partial charge on any atom is -0.343 e. The van der Waals surface area contributed by atoms with Gasteiger partial charge in [0.25, 0.3) is 0 Å². The number of halogens is 1. The lowest BCUT2D eigenvalue weighted by Gasteiger charge is -2.31. The number of likely N-dealkylation sites (tertiary alicyclic amines) is 1. The summed E-state index contributed by atoms with van der Waals surface area (Å²) in [6, 6.07) is 7.38. The summed E-state index contributed by atoms with van der Waals surface area (Å²) in [7, 11) is 0. The zero-order valence-electron chi connectivity index (χ0n) is 16.4. The lowest BCUT2D eigenvalue weighted by molar-refractivity contribution is -0.130. The molecule has 1 N–H and O–H groups in total. The highest BCUT2D eigenvalue weighted by atomic mass is 35.5. The molecule has 4 rings (SSSR count). The van der Waals surface area contributed by atoms with E-state index in [9.17, 15) is 4.79 Å². The highest BCUT2D eigenvalue weighted by Gasteiger charge is 2.22. The first-order chi connectivity index (χ1) is 14.5. The summed E-state index contributed by atoms with van der Waals surface area (Å²) in [6.07, 6.45) is 9.07. The van der Waals surface area contributed by atoms with Crippen LogP contribution in [-0.4, -0.2) is 43.6 Å². The Hall–Kier alpha value is -3.44. The third-order valence-electron chi connectivity index (χ3n) is 5.22. The molecule has 0 aliphatic carbocycles. The van der Waals surface area contributed by atoms with E-state index in [2.05, 4.69) is 20.4 Å². The van der Waals surface area contributed by atoms with Crippen LogP contribution in [0.3, 0.4) is 0 Å². The molecule has 1 amide bonds. The fourth-order valence-electron chi connectivity index (χ4n) is 3.49. The number of amides is 1. The molecule has 1 aliphatic heterocycles. The second-order valence-electron chi connectivity index (χ2n) is 7.17. The third kappa shape index (κ3) is 4.26. The van der Waals surface area contributed by atoms with Gasteiger partial charge in [-0.15, -0.1) is 0 Å². The first-order valence-electron chi connectivity index (χ1n) is 9.62. The average molecular weight is 422 g/mol. The van der Waals surface area contributed by atoms with Gasteiger partial charge in [0.15, 0.2) is 0 Å². The zero-order valence-corrected chi connectivity index (χ0v) is 17.2. The van der Waals surface area contributed by atoms with Crippen LogP contribution in [0.25, 0.3) is 11.1 Å². The highest BCUT2D eigenvalue weighted by molar-refractivity contribution is 6.32. The van der Waals surface area contributed by atoms with Crippen LogP contribution in [0.4, 0.5) is 11.6 Å². The van der Waals surface area contributed by atoms with Gasteiger partial charge in [0.1, 0.15) is 6.07 Å². The Labute approximate surface area is 179 Å². The van der Waals surface area contributed by atoms with Crippen LogP contribution in [0.5, 0.6) is 0 Å². The summed E-state index contributed by atoms with van der Waals surface area (Å²) >= 11 is 6.06. The SMILES string of the molecule is CC(=O)N1CCC(n2cc(-c3cnc(Nc4ccc(C#N)c(Cl)c4)nc3)cn2)CC1. The lowest BCUT2D eigenvalue weighted by atomic mass is 10.1. The van der Waals surface area contributed by atoms with Crippen LogP contribution >= 0.6 is 11.6 Å². The van der Waals surface area contributed by atoms with Crippen molar-refractivity contribution in [2.75, 3.05) is 18.4 Å². The molecule has 1 aliphatic rings. The molecule has 2 aromatic heterocycles. The number of nitrogens with zero attached hydrogens (tertiary/aromatic N) is 6. The Morgan fingerprint density at radius 3 is 2.57 bits per heavy atom. The summed E-state index contributed by atoms with van der Waals surface area (Å²) < 4.78 is 1.97. The van der Waals surface area contributed by atoms with E-state index in [4.69, 9.17) is 16.9 Å². The van der Waals surface area contributed by atoms with E-state index in [-0.39, 0.29) is 11.9 Å².